The van der Waals surface area contributed by atoms with Gasteiger partial charge in [-0.1, -0.05) is 0 Å². The highest BCUT2D eigenvalue weighted by atomic mass is 32.2. The van der Waals surface area contributed by atoms with Gasteiger partial charge in [0, 0.05) is 37.1 Å². The molecule has 0 unspecified atom stereocenters. The zero-order valence-corrected chi connectivity index (χ0v) is 18.3. The Kier molecular flexibility index (Phi) is 5.58. The van der Waals surface area contributed by atoms with Crippen molar-refractivity contribution in [3.05, 3.63) is 54.5 Å². The molecule has 1 aromatic carbocycles. The van der Waals surface area contributed by atoms with E-state index >= 15 is 0 Å². The first-order valence-electron chi connectivity index (χ1n) is 10.7. The summed E-state index contributed by atoms with van der Waals surface area (Å²) < 4.78 is 36.7. The van der Waals surface area contributed by atoms with Crippen LogP contribution in [0.5, 0.6) is 11.5 Å². The van der Waals surface area contributed by atoms with Gasteiger partial charge in [0.05, 0.1) is 17.1 Å². The summed E-state index contributed by atoms with van der Waals surface area (Å²) in [5.74, 6) is 2.33. The highest BCUT2D eigenvalue weighted by molar-refractivity contribution is 7.89. The van der Waals surface area contributed by atoms with Gasteiger partial charge in [0.2, 0.25) is 10.0 Å². The monoisotopic (exact) mass is 455 g/mol. The smallest absolute Gasteiger partial charge is 0.238 e. The average Bonchev–Trinajstić information content (AvgIpc) is 3.55. The van der Waals surface area contributed by atoms with Crippen molar-refractivity contribution in [2.45, 2.75) is 42.5 Å². The van der Waals surface area contributed by atoms with Crippen LogP contribution in [0.25, 0.3) is 0 Å². The third-order valence-corrected chi connectivity index (χ3v) is 6.60. The second kappa shape index (κ2) is 8.53. The Labute approximate surface area is 186 Å². The van der Waals surface area contributed by atoms with Crippen LogP contribution in [0.3, 0.4) is 0 Å². The fourth-order valence-electron chi connectivity index (χ4n) is 3.79. The maximum absolute atomic E-state index is 11.4. The Morgan fingerprint density at radius 3 is 2.53 bits per heavy atom. The molecule has 0 amide bonds. The van der Waals surface area contributed by atoms with E-state index in [4.69, 9.17) is 19.7 Å². The maximum atomic E-state index is 11.4. The summed E-state index contributed by atoms with van der Waals surface area (Å²) >= 11 is 0. The molecule has 0 radical (unpaired) electrons. The predicted octanol–water partition coefficient (Wildman–Crippen LogP) is 3.69. The number of rotatable bonds is 7. The summed E-state index contributed by atoms with van der Waals surface area (Å²) in [7, 11) is -3.73. The molecule has 10 heteroatoms. The number of sulfonamides is 1. The van der Waals surface area contributed by atoms with Gasteiger partial charge in [0.15, 0.2) is 5.75 Å². The van der Waals surface area contributed by atoms with Crippen molar-refractivity contribution in [2.75, 3.05) is 18.5 Å². The number of nitrogens with two attached hydrogens (primary N) is 1. The molecule has 9 nitrogen and oxygen atoms in total. The fourth-order valence-corrected chi connectivity index (χ4v) is 4.31. The van der Waals surface area contributed by atoms with Crippen LogP contribution in [-0.4, -0.2) is 36.4 Å². The summed E-state index contributed by atoms with van der Waals surface area (Å²) in [6.45, 7) is 1.49. The van der Waals surface area contributed by atoms with Gasteiger partial charge in [-0.3, -0.25) is 4.68 Å². The van der Waals surface area contributed by atoms with E-state index in [2.05, 4.69) is 10.3 Å². The topological polar surface area (TPSA) is 121 Å². The molecule has 1 saturated heterocycles. The molecular weight excluding hydrogens is 430 g/mol. The van der Waals surface area contributed by atoms with Crippen molar-refractivity contribution >= 4 is 21.5 Å². The lowest BCUT2D eigenvalue weighted by atomic mass is 9.96. The summed E-state index contributed by atoms with van der Waals surface area (Å²) in [4.78, 5) is 4.39. The van der Waals surface area contributed by atoms with Crippen LogP contribution in [0.2, 0.25) is 0 Å². The van der Waals surface area contributed by atoms with Crippen molar-refractivity contribution in [3.8, 4) is 11.5 Å². The molecule has 32 heavy (non-hydrogen) atoms. The molecule has 1 aliphatic carbocycles. The molecule has 5 rings (SSSR count). The number of benzene rings is 1. The van der Waals surface area contributed by atoms with E-state index < -0.39 is 10.0 Å². The molecule has 3 heterocycles. The number of aromatic nitrogens is 3. The summed E-state index contributed by atoms with van der Waals surface area (Å²) in [6, 6.07) is 10.2. The molecule has 2 fully saturated rings. The first-order chi connectivity index (χ1) is 15.5. The molecule has 0 atom stereocenters. The third kappa shape index (κ3) is 4.77. The van der Waals surface area contributed by atoms with Gasteiger partial charge >= 0.3 is 0 Å². The lowest BCUT2D eigenvalue weighted by Crippen LogP contribution is -2.15. The van der Waals surface area contributed by atoms with Gasteiger partial charge in [-0.2, -0.15) is 5.10 Å². The van der Waals surface area contributed by atoms with Crippen LogP contribution >= 0.6 is 0 Å². The molecule has 3 aromatic rings. The molecule has 2 aromatic heterocycles. The minimum atomic E-state index is -3.73. The van der Waals surface area contributed by atoms with Gasteiger partial charge < -0.3 is 14.8 Å². The fraction of sp³-hybridized carbons (Fsp3) is 0.364. The number of hydrogen-bond donors (Lipinski definition) is 2. The third-order valence-electron chi connectivity index (χ3n) is 5.67. The van der Waals surface area contributed by atoms with Gasteiger partial charge in [0.1, 0.15) is 17.3 Å². The van der Waals surface area contributed by atoms with Crippen molar-refractivity contribution in [2.24, 2.45) is 5.14 Å². The van der Waals surface area contributed by atoms with Crippen LogP contribution in [0.15, 0.2) is 53.7 Å². The highest BCUT2D eigenvalue weighted by Crippen LogP contribution is 2.40. The zero-order chi connectivity index (χ0) is 22.1. The molecular formula is C22H25N5O4S. The lowest BCUT2D eigenvalue weighted by Gasteiger charge is -2.21. The van der Waals surface area contributed by atoms with Crippen LogP contribution in [0, 0.1) is 0 Å². The summed E-state index contributed by atoms with van der Waals surface area (Å²) in [5.41, 5.74) is 1.68. The largest absolute Gasteiger partial charge is 0.454 e. The second-order valence-corrected chi connectivity index (χ2v) is 9.71. The van der Waals surface area contributed by atoms with Gasteiger partial charge in [-0.25, -0.2) is 18.5 Å². The van der Waals surface area contributed by atoms with E-state index in [-0.39, 0.29) is 4.90 Å². The molecule has 0 spiro atoms. The van der Waals surface area contributed by atoms with Crippen molar-refractivity contribution in [1.82, 2.24) is 14.8 Å². The number of hydrogen-bond acceptors (Lipinski definition) is 7. The van der Waals surface area contributed by atoms with E-state index in [9.17, 15) is 8.42 Å². The van der Waals surface area contributed by atoms with Gasteiger partial charge in [-0.15, -0.1) is 0 Å². The Bertz CT molecular complexity index is 1200. The molecule has 0 bridgehead atoms. The highest BCUT2D eigenvalue weighted by Gasteiger charge is 2.29. The molecule has 168 valence electrons. The second-order valence-electron chi connectivity index (χ2n) is 8.15. The molecule has 3 N–H and O–H groups in total. The first-order valence-corrected chi connectivity index (χ1v) is 12.2. The predicted molar refractivity (Wildman–Crippen MR) is 119 cm³/mol. The van der Waals surface area contributed by atoms with Crippen LogP contribution < -0.4 is 15.2 Å². The average molecular weight is 456 g/mol. The summed E-state index contributed by atoms with van der Waals surface area (Å²) in [5, 5.41) is 13.2. The van der Waals surface area contributed by atoms with E-state index in [1.165, 1.54) is 12.1 Å². The first kappa shape index (κ1) is 20.9. The maximum Gasteiger partial charge on any atom is 0.238 e. The Balaban J connectivity index is 1.35. The Morgan fingerprint density at radius 1 is 1.09 bits per heavy atom. The molecule has 1 aliphatic heterocycles. The quantitative estimate of drug-likeness (QED) is 0.557. The number of pyridine rings is 1. The van der Waals surface area contributed by atoms with Crippen molar-refractivity contribution in [1.29, 1.82) is 0 Å². The minimum Gasteiger partial charge on any atom is -0.454 e. The SMILES string of the molecule is NS(=O)(=O)c1ccc(Nc2cc(Oc3cn(C4CC4)nc3C3CCOCC3)ccn2)cc1. The molecule has 1 saturated carbocycles. The molecule has 2 aliphatic rings. The standard InChI is InChI=1S/C22H25N5O4S/c23-32(28,29)19-5-1-16(2-6-19)25-21-13-18(7-10-24-21)31-20-14-27(17-3-4-17)26-22(20)15-8-11-30-12-9-15/h1-2,5-7,10,13-15,17H,3-4,8-9,11-12H2,(H,24,25)(H2,23,28,29). The number of anilines is 2. The lowest BCUT2D eigenvalue weighted by molar-refractivity contribution is 0.0839. The van der Waals surface area contributed by atoms with E-state index in [0.717, 1.165) is 50.3 Å². The zero-order valence-electron chi connectivity index (χ0n) is 17.5. The van der Waals surface area contributed by atoms with E-state index in [1.54, 1.807) is 30.5 Å². The number of nitrogens with zero attached hydrogens (tertiary/aromatic N) is 3. The normalized spacial score (nSPS) is 17.3. The van der Waals surface area contributed by atoms with E-state index in [1.807, 2.05) is 10.9 Å². The van der Waals surface area contributed by atoms with Crippen molar-refractivity contribution < 1.29 is 17.9 Å². The number of nitrogens with one attached hydrogen (secondary N) is 1. The summed E-state index contributed by atoms with van der Waals surface area (Å²) in [6.07, 6.45) is 7.85. The van der Waals surface area contributed by atoms with Crippen LogP contribution in [0.4, 0.5) is 11.5 Å². The van der Waals surface area contributed by atoms with Crippen LogP contribution in [0.1, 0.15) is 43.3 Å². The minimum absolute atomic E-state index is 0.0569. The van der Waals surface area contributed by atoms with Gasteiger partial charge in [0.25, 0.3) is 0 Å². The van der Waals surface area contributed by atoms with Crippen molar-refractivity contribution in [3.63, 3.8) is 0 Å². The van der Waals surface area contributed by atoms with E-state index in [0.29, 0.717) is 29.2 Å². The number of primary sulfonamides is 1. The Morgan fingerprint density at radius 2 is 1.84 bits per heavy atom. The van der Waals surface area contributed by atoms with Gasteiger partial charge in [-0.05, 0) is 56.0 Å². The Hall–Kier alpha value is -2.95. The number of ether oxygens (including phenoxy) is 2. The van der Waals surface area contributed by atoms with Crippen LogP contribution in [-0.2, 0) is 14.8 Å².